The molecule has 0 atom stereocenters. The van der Waals surface area contributed by atoms with Crippen molar-refractivity contribution in [2.75, 3.05) is 52.5 Å². The molecule has 23 heavy (non-hydrogen) atoms. The molecular formula is C16H30N2O5. The Hall–Kier alpha value is -1.34. The van der Waals surface area contributed by atoms with Gasteiger partial charge in [0.25, 0.3) is 0 Å². The lowest BCUT2D eigenvalue weighted by atomic mass is 10.2. The van der Waals surface area contributed by atoms with Gasteiger partial charge >= 0.3 is 12.1 Å². The van der Waals surface area contributed by atoms with Crippen molar-refractivity contribution in [3.05, 3.63) is 0 Å². The number of piperazine rings is 1. The summed E-state index contributed by atoms with van der Waals surface area (Å²) >= 11 is 0. The summed E-state index contributed by atoms with van der Waals surface area (Å²) in [7, 11) is 0. The molecule has 7 nitrogen and oxygen atoms in total. The monoisotopic (exact) mass is 330 g/mol. The minimum absolute atomic E-state index is 0.0141. The number of carbonyl (C=O) groups excluding carboxylic acids is 2. The third-order valence-corrected chi connectivity index (χ3v) is 3.31. The molecule has 0 aromatic carbocycles. The zero-order valence-electron chi connectivity index (χ0n) is 14.8. The van der Waals surface area contributed by atoms with Gasteiger partial charge in [0, 0.05) is 39.3 Å². The first-order valence-corrected chi connectivity index (χ1v) is 8.25. The number of carbonyl (C=O) groups is 2. The van der Waals surface area contributed by atoms with Gasteiger partial charge in [-0.3, -0.25) is 4.90 Å². The first-order chi connectivity index (χ1) is 10.8. The van der Waals surface area contributed by atoms with E-state index in [1.165, 1.54) is 0 Å². The molecule has 0 bridgehead atoms. The molecule has 7 heteroatoms. The van der Waals surface area contributed by atoms with Gasteiger partial charge in [-0.2, -0.15) is 0 Å². The summed E-state index contributed by atoms with van der Waals surface area (Å²) in [5.74, 6) is -0.321. The molecule has 134 valence electrons. The van der Waals surface area contributed by atoms with E-state index < -0.39 is 5.60 Å². The maximum Gasteiger partial charge on any atom is 0.410 e. The Morgan fingerprint density at radius 2 is 1.74 bits per heavy atom. The third-order valence-electron chi connectivity index (χ3n) is 3.31. The summed E-state index contributed by atoms with van der Waals surface area (Å²) in [4.78, 5) is 27.1. The fourth-order valence-electron chi connectivity index (χ4n) is 2.23. The van der Waals surface area contributed by atoms with E-state index in [9.17, 15) is 9.59 Å². The lowest BCUT2D eigenvalue weighted by Gasteiger charge is -2.35. The Bertz CT molecular complexity index is 373. The molecule has 1 aliphatic heterocycles. The Balaban J connectivity index is 2.10. The molecule has 0 aromatic rings. The number of hydrogen-bond donors (Lipinski definition) is 0. The highest BCUT2D eigenvalue weighted by atomic mass is 16.6. The normalized spacial score (nSPS) is 16.3. The van der Waals surface area contributed by atoms with Crippen molar-refractivity contribution in [1.29, 1.82) is 0 Å². The van der Waals surface area contributed by atoms with E-state index in [0.29, 0.717) is 26.3 Å². The maximum absolute atomic E-state index is 12.0. The quantitative estimate of drug-likeness (QED) is 0.521. The zero-order chi connectivity index (χ0) is 17.3. The average Bonchev–Trinajstić information content (AvgIpc) is 2.46. The standard InChI is InChI=1S/C16H30N2O5/c1-5-22-14(19)13-21-12-6-7-17-8-10-18(11-9-17)15(20)23-16(2,3)4/h5-13H2,1-4H3. The number of esters is 1. The molecule has 0 aromatic heterocycles. The summed E-state index contributed by atoms with van der Waals surface area (Å²) in [6, 6.07) is 0. The first-order valence-electron chi connectivity index (χ1n) is 8.25. The van der Waals surface area contributed by atoms with E-state index in [1.807, 2.05) is 20.8 Å². The lowest BCUT2D eigenvalue weighted by molar-refractivity contribution is -0.148. The Morgan fingerprint density at radius 3 is 2.30 bits per heavy atom. The second-order valence-electron chi connectivity index (χ2n) is 6.52. The van der Waals surface area contributed by atoms with Crippen LogP contribution in [-0.2, 0) is 19.0 Å². The van der Waals surface area contributed by atoms with Crippen LogP contribution in [0.1, 0.15) is 34.1 Å². The third kappa shape index (κ3) is 8.76. The van der Waals surface area contributed by atoms with Gasteiger partial charge in [-0.05, 0) is 34.1 Å². The summed E-state index contributed by atoms with van der Waals surface area (Å²) in [6.07, 6.45) is 0.612. The van der Waals surface area contributed by atoms with Gasteiger partial charge in [0.1, 0.15) is 12.2 Å². The topological polar surface area (TPSA) is 68.3 Å². The van der Waals surface area contributed by atoms with Crippen molar-refractivity contribution >= 4 is 12.1 Å². The van der Waals surface area contributed by atoms with Crippen LogP contribution in [-0.4, -0.2) is 80.0 Å². The van der Waals surface area contributed by atoms with E-state index in [1.54, 1.807) is 11.8 Å². The second-order valence-corrected chi connectivity index (χ2v) is 6.52. The van der Waals surface area contributed by atoms with Crippen molar-refractivity contribution in [3.63, 3.8) is 0 Å². The molecule has 1 heterocycles. The minimum Gasteiger partial charge on any atom is -0.464 e. The predicted molar refractivity (Wildman–Crippen MR) is 86.3 cm³/mol. The summed E-state index contributed by atoms with van der Waals surface area (Å²) in [6.45, 7) is 12.2. The minimum atomic E-state index is -0.454. The molecule has 1 amide bonds. The van der Waals surface area contributed by atoms with Gasteiger partial charge < -0.3 is 19.1 Å². The van der Waals surface area contributed by atoms with Gasteiger partial charge in [0.05, 0.1) is 6.61 Å². The number of amides is 1. The molecule has 1 rings (SSSR count). The van der Waals surface area contributed by atoms with Crippen molar-refractivity contribution in [1.82, 2.24) is 9.80 Å². The van der Waals surface area contributed by atoms with E-state index in [-0.39, 0.29) is 18.7 Å². The maximum atomic E-state index is 12.0. The van der Waals surface area contributed by atoms with Gasteiger partial charge in [0.15, 0.2) is 0 Å². The molecular weight excluding hydrogens is 300 g/mol. The Kier molecular flexibility index (Phi) is 8.33. The van der Waals surface area contributed by atoms with Crippen LogP contribution in [0.3, 0.4) is 0 Å². The summed E-state index contributed by atoms with van der Waals surface area (Å²) in [5, 5.41) is 0. The van der Waals surface area contributed by atoms with E-state index in [2.05, 4.69) is 4.90 Å². The van der Waals surface area contributed by atoms with Crippen molar-refractivity contribution in [3.8, 4) is 0 Å². The van der Waals surface area contributed by atoms with Crippen LogP contribution in [0.5, 0.6) is 0 Å². The number of hydrogen-bond acceptors (Lipinski definition) is 6. The summed E-state index contributed by atoms with van der Waals surface area (Å²) < 4.78 is 15.4. The highest BCUT2D eigenvalue weighted by Crippen LogP contribution is 2.11. The Morgan fingerprint density at radius 1 is 1.09 bits per heavy atom. The van der Waals surface area contributed by atoms with Gasteiger partial charge in [-0.25, -0.2) is 9.59 Å². The van der Waals surface area contributed by atoms with Crippen LogP contribution in [0.25, 0.3) is 0 Å². The molecule has 0 aliphatic carbocycles. The molecule has 0 spiro atoms. The Labute approximate surface area is 138 Å². The molecule has 1 saturated heterocycles. The average molecular weight is 330 g/mol. The van der Waals surface area contributed by atoms with Crippen LogP contribution >= 0.6 is 0 Å². The molecule has 0 saturated carbocycles. The van der Waals surface area contributed by atoms with E-state index in [4.69, 9.17) is 14.2 Å². The van der Waals surface area contributed by atoms with E-state index >= 15 is 0 Å². The van der Waals surface area contributed by atoms with Gasteiger partial charge in [0.2, 0.25) is 0 Å². The fraction of sp³-hybridized carbons (Fsp3) is 0.875. The van der Waals surface area contributed by atoms with E-state index in [0.717, 1.165) is 26.1 Å². The first kappa shape index (κ1) is 19.7. The SMILES string of the molecule is CCOC(=O)COCCCN1CCN(C(=O)OC(C)(C)C)CC1. The summed E-state index contributed by atoms with van der Waals surface area (Å²) in [5.41, 5.74) is -0.454. The molecule has 0 unspecified atom stereocenters. The number of rotatable bonds is 7. The highest BCUT2D eigenvalue weighted by molar-refractivity contribution is 5.70. The second kappa shape index (κ2) is 9.72. The molecule has 0 radical (unpaired) electrons. The number of nitrogens with zero attached hydrogens (tertiary/aromatic N) is 2. The van der Waals surface area contributed by atoms with Gasteiger partial charge in [-0.15, -0.1) is 0 Å². The van der Waals surface area contributed by atoms with Crippen molar-refractivity contribution < 1.29 is 23.8 Å². The largest absolute Gasteiger partial charge is 0.464 e. The predicted octanol–water partition coefficient (Wildman–Crippen LogP) is 1.51. The van der Waals surface area contributed by atoms with Crippen molar-refractivity contribution in [2.24, 2.45) is 0 Å². The van der Waals surface area contributed by atoms with Crippen LogP contribution in [0.2, 0.25) is 0 Å². The van der Waals surface area contributed by atoms with Crippen molar-refractivity contribution in [2.45, 2.75) is 39.7 Å². The fourth-order valence-corrected chi connectivity index (χ4v) is 2.23. The molecule has 0 N–H and O–H groups in total. The van der Waals surface area contributed by atoms with Gasteiger partial charge in [-0.1, -0.05) is 0 Å². The van der Waals surface area contributed by atoms with Crippen LogP contribution < -0.4 is 0 Å². The molecule has 1 fully saturated rings. The smallest absolute Gasteiger partial charge is 0.410 e. The lowest BCUT2D eigenvalue weighted by Crippen LogP contribution is -2.50. The molecule has 1 aliphatic rings. The van der Waals surface area contributed by atoms with Crippen LogP contribution in [0.4, 0.5) is 4.79 Å². The van der Waals surface area contributed by atoms with Crippen LogP contribution in [0, 0.1) is 0 Å². The number of ether oxygens (including phenoxy) is 3. The van der Waals surface area contributed by atoms with Crippen LogP contribution in [0.15, 0.2) is 0 Å². The zero-order valence-corrected chi connectivity index (χ0v) is 14.8. The highest BCUT2D eigenvalue weighted by Gasteiger charge is 2.25.